The molecule has 0 heterocycles. The number of unbranched alkanes of at least 4 members (excludes halogenated alkanes) is 4. The van der Waals surface area contributed by atoms with Gasteiger partial charge in [0.25, 0.3) is 0 Å². The molecular formula is C25H38O3. The van der Waals surface area contributed by atoms with Gasteiger partial charge in [-0.2, -0.15) is 0 Å². The molecule has 3 heteroatoms. The van der Waals surface area contributed by atoms with Crippen LogP contribution < -0.4 is 4.74 Å². The molecule has 3 rings (SSSR count). The highest BCUT2D eigenvalue weighted by Gasteiger charge is 2.38. The third-order valence-corrected chi connectivity index (χ3v) is 6.74. The monoisotopic (exact) mass is 386 g/mol. The lowest BCUT2D eigenvalue weighted by Gasteiger charge is -2.41. The zero-order valence-corrected chi connectivity index (χ0v) is 17.8. The third kappa shape index (κ3) is 6.34. The Labute approximate surface area is 171 Å². The predicted molar refractivity (Wildman–Crippen MR) is 113 cm³/mol. The van der Waals surface area contributed by atoms with Crippen LogP contribution in [0.4, 0.5) is 0 Å². The highest BCUT2D eigenvalue weighted by Crippen LogP contribution is 2.43. The third-order valence-electron chi connectivity index (χ3n) is 6.74. The van der Waals surface area contributed by atoms with E-state index in [9.17, 15) is 4.79 Å². The van der Waals surface area contributed by atoms with Gasteiger partial charge in [0.2, 0.25) is 0 Å². The van der Waals surface area contributed by atoms with Gasteiger partial charge < -0.3 is 9.47 Å². The first-order chi connectivity index (χ1) is 13.7. The van der Waals surface area contributed by atoms with Crippen molar-refractivity contribution < 1.29 is 14.3 Å². The molecule has 1 aromatic carbocycles. The molecule has 28 heavy (non-hydrogen) atoms. The molecule has 4 unspecified atom stereocenters. The first-order valence-corrected chi connectivity index (χ1v) is 11.6. The molecule has 0 amide bonds. The second kappa shape index (κ2) is 11.0. The Kier molecular flexibility index (Phi) is 8.39. The quantitative estimate of drug-likeness (QED) is 0.277. The van der Waals surface area contributed by atoms with E-state index in [1.54, 1.807) is 0 Å². The molecule has 0 aliphatic heterocycles. The fraction of sp³-hybridized carbons (Fsp3) is 0.720. The maximum atomic E-state index is 12.6. The minimum atomic E-state index is -0.0345. The Bertz CT molecular complexity index is 594. The Morgan fingerprint density at radius 1 is 0.929 bits per heavy atom. The van der Waals surface area contributed by atoms with E-state index in [1.807, 2.05) is 31.2 Å². The molecule has 3 nitrogen and oxygen atoms in total. The zero-order valence-electron chi connectivity index (χ0n) is 17.8. The molecule has 0 aromatic heterocycles. The van der Waals surface area contributed by atoms with Crippen molar-refractivity contribution in [3.05, 3.63) is 29.8 Å². The van der Waals surface area contributed by atoms with Crippen molar-refractivity contribution in [2.45, 2.75) is 90.6 Å². The number of carbonyl (C=O) groups is 1. The maximum absolute atomic E-state index is 12.6. The number of benzene rings is 1. The van der Waals surface area contributed by atoms with Gasteiger partial charge in [0, 0.05) is 6.61 Å². The fourth-order valence-electron chi connectivity index (χ4n) is 4.97. The largest absolute Gasteiger partial charge is 0.426 e. The highest BCUT2D eigenvalue weighted by molar-refractivity contribution is 5.75. The van der Waals surface area contributed by atoms with Crippen LogP contribution in [0.2, 0.25) is 0 Å². The van der Waals surface area contributed by atoms with E-state index in [1.165, 1.54) is 50.5 Å². The standard InChI is InChI=1S/C25H38O3/c1-3-4-5-6-7-16-27-24-15-12-20-17-22(11-10-21(20)18-24)25(26)28-23-13-8-19(2)9-14-23/h8-9,13-14,20-22,24H,3-7,10-12,15-18H2,1-2H3. The van der Waals surface area contributed by atoms with Crippen molar-refractivity contribution in [3.63, 3.8) is 0 Å². The van der Waals surface area contributed by atoms with Crippen LogP contribution in [0.15, 0.2) is 24.3 Å². The van der Waals surface area contributed by atoms with Crippen LogP contribution in [-0.2, 0) is 9.53 Å². The number of aryl methyl sites for hydroxylation is 1. The van der Waals surface area contributed by atoms with Gasteiger partial charge >= 0.3 is 5.97 Å². The Morgan fingerprint density at radius 3 is 2.43 bits per heavy atom. The molecule has 0 N–H and O–H groups in total. The smallest absolute Gasteiger partial charge is 0.314 e. The van der Waals surface area contributed by atoms with Gasteiger partial charge in [0.15, 0.2) is 0 Å². The average molecular weight is 387 g/mol. The topological polar surface area (TPSA) is 35.5 Å². The zero-order chi connectivity index (χ0) is 19.8. The lowest BCUT2D eigenvalue weighted by molar-refractivity contribution is -0.141. The number of rotatable bonds is 9. The molecule has 0 saturated heterocycles. The molecule has 2 saturated carbocycles. The summed E-state index contributed by atoms with van der Waals surface area (Å²) in [5.74, 6) is 2.12. The van der Waals surface area contributed by atoms with Crippen LogP contribution in [-0.4, -0.2) is 18.7 Å². The van der Waals surface area contributed by atoms with Gasteiger partial charge in [-0.25, -0.2) is 0 Å². The Morgan fingerprint density at radius 2 is 1.64 bits per heavy atom. The van der Waals surface area contributed by atoms with Crippen LogP contribution in [0.5, 0.6) is 5.75 Å². The van der Waals surface area contributed by atoms with E-state index in [0.717, 1.165) is 38.2 Å². The lowest BCUT2D eigenvalue weighted by Crippen LogP contribution is -2.37. The minimum absolute atomic E-state index is 0.0345. The fourth-order valence-corrected chi connectivity index (χ4v) is 4.97. The number of fused-ring (bicyclic) bond motifs is 1. The van der Waals surface area contributed by atoms with Crippen molar-refractivity contribution in [1.29, 1.82) is 0 Å². The molecular weight excluding hydrogens is 348 g/mol. The number of ether oxygens (including phenoxy) is 2. The van der Waals surface area contributed by atoms with Crippen LogP contribution in [0.25, 0.3) is 0 Å². The summed E-state index contributed by atoms with van der Waals surface area (Å²) in [4.78, 5) is 12.6. The van der Waals surface area contributed by atoms with E-state index in [-0.39, 0.29) is 11.9 Å². The number of hydrogen-bond donors (Lipinski definition) is 0. The van der Waals surface area contributed by atoms with Gasteiger partial charge in [0.1, 0.15) is 5.75 Å². The van der Waals surface area contributed by atoms with Crippen molar-refractivity contribution in [3.8, 4) is 5.75 Å². The predicted octanol–water partition coefficient (Wildman–Crippen LogP) is 6.47. The van der Waals surface area contributed by atoms with Crippen LogP contribution in [0.1, 0.15) is 83.1 Å². The van der Waals surface area contributed by atoms with Crippen molar-refractivity contribution >= 4 is 5.97 Å². The van der Waals surface area contributed by atoms with Crippen molar-refractivity contribution in [2.75, 3.05) is 6.61 Å². The van der Waals surface area contributed by atoms with Crippen LogP contribution in [0, 0.1) is 24.7 Å². The molecule has 2 aliphatic carbocycles. The highest BCUT2D eigenvalue weighted by atomic mass is 16.5. The average Bonchev–Trinajstić information content (AvgIpc) is 2.71. The van der Waals surface area contributed by atoms with Gasteiger partial charge in [-0.3, -0.25) is 4.79 Å². The van der Waals surface area contributed by atoms with Crippen molar-refractivity contribution in [2.24, 2.45) is 17.8 Å². The Balaban J connectivity index is 1.37. The van der Waals surface area contributed by atoms with Crippen LogP contribution in [0.3, 0.4) is 0 Å². The summed E-state index contributed by atoms with van der Waals surface area (Å²) < 4.78 is 11.8. The first kappa shape index (κ1) is 21.4. The normalized spacial score (nSPS) is 27.2. The van der Waals surface area contributed by atoms with E-state index in [0.29, 0.717) is 17.8 Å². The summed E-state index contributed by atoms with van der Waals surface area (Å²) in [6, 6.07) is 7.77. The summed E-state index contributed by atoms with van der Waals surface area (Å²) in [6.45, 7) is 5.22. The number of esters is 1. The summed E-state index contributed by atoms with van der Waals surface area (Å²) in [6.07, 6.45) is 13.6. The van der Waals surface area contributed by atoms with Gasteiger partial charge in [-0.1, -0.05) is 50.3 Å². The van der Waals surface area contributed by atoms with Gasteiger partial charge in [-0.05, 0) is 75.8 Å². The summed E-state index contributed by atoms with van der Waals surface area (Å²) in [5.41, 5.74) is 1.18. The van der Waals surface area contributed by atoms with Crippen molar-refractivity contribution in [1.82, 2.24) is 0 Å². The minimum Gasteiger partial charge on any atom is -0.426 e. The molecule has 2 aliphatic rings. The molecule has 0 bridgehead atoms. The SMILES string of the molecule is CCCCCCCOC1CCC2CC(C(=O)Oc3ccc(C)cc3)CCC2C1. The summed E-state index contributed by atoms with van der Waals surface area (Å²) in [5, 5.41) is 0. The Hall–Kier alpha value is -1.35. The number of carbonyl (C=O) groups excluding carboxylic acids is 1. The summed E-state index contributed by atoms with van der Waals surface area (Å²) >= 11 is 0. The summed E-state index contributed by atoms with van der Waals surface area (Å²) in [7, 11) is 0. The molecule has 0 spiro atoms. The molecule has 2 fully saturated rings. The molecule has 4 atom stereocenters. The van der Waals surface area contributed by atoms with Gasteiger partial charge in [-0.15, -0.1) is 0 Å². The second-order valence-electron chi connectivity index (χ2n) is 8.98. The second-order valence-corrected chi connectivity index (χ2v) is 8.98. The number of hydrogen-bond acceptors (Lipinski definition) is 3. The maximum Gasteiger partial charge on any atom is 0.314 e. The van der Waals surface area contributed by atoms with E-state index in [4.69, 9.17) is 9.47 Å². The first-order valence-electron chi connectivity index (χ1n) is 11.6. The molecule has 0 radical (unpaired) electrons. The van der Waals surface area contributed by atoms with E-state index >= 15 is 0 Å². The van der Waals surface area contributed by atoms with Crippen LogP contribution >= 0.6 is 0 Å². The lowest BCUT2D eigenvalue weighted by atomic mass is 9.67. The van der Waals surface area contributed by atoms with E-state index in [2.05, 4.69) is 6.92 Å². The van der Waals surface area contributed by atoms with E-state index < -0.39 is 0 Å². The van der Waals surface area contributed by atoms with Gasteiger partial charge in [0.05, 0.1) is 12.0 Å². The molecule has 156 valence electrons. The molecule has 1 aromatic rings.